The van der Waals surface area contributed by atoms with Gasteiger partial charge in [0.25, 0.3) is 0 Å². The third-order valence-corrected chi connectivity index (χ3v) is 4.05. The Labute approximate surface area is 139 Å². The van der Waals surface area contributed by atoms with Crippen LogP contribution in [0.2, 0.25) is 0 Å². The van der Waals surface area contributed by atoms with Gasteiger partial charge in [-0.2, -0.15) is 0 Å². The van der Waals surface area contributed by atoms with Crippen molar-refractivity contribution in [1.82, 2.24) is 5.43 Å². The molecule has 0 unspecified atom stereocenters. The molecule has 23 heavy (non-hydrogen) atoms. The molecule has 1 aliphatic rings. The highest BCUT2D eigenvalue weighted by Crippen LogP contribution is 2.30. The van der Waals surface area contributed by atoms with Crippen LogP contribution in [0.1, 0.15) is 25.2 Å². The van der Waals surface area contributed by atoms with Gasteiger partial charge in [0.05, 0.1) is 24.8 Å². The Morgan fingerprint density at radius 3 is 2.78 bits per heavy atom. The van der Waals surface area contributed by atoms with Gasteiger partial charge >= 0.3 is 0 Å². The van der Waals surface area contributed by atoms with Gasteiger partial charge in [0.15, 0.2) is 0 Å². The van der Waals surface area contributed by atoms with Crippen molar-refractivity contribution in [1.29, 1.82) is 0 Å². The average molecular weight is 327 g/mol. The van der Waals surface area contributed by atoms with Crippen LogP contribution in [-0.2, 0) is 0 Å². The number of benzene rings is 1. The Kier molecular flexibility index (Phi) is 4.83. The van der Waals surface area contributed by atoms with Crippen LogP contribution >= 0.6 is 11.8 Å². The van der Waals surface area contributed by atoms with Gasteiger partial charge in [-0.15, -0.1) is 5.10 Å². The lowest BCUT2D eigenvalue weighted by Gasteiger charge is -2.16. The van der Waals surface area contributed by atoms with Crippen molar-refractivity contribution >= 4 is 28.8 Å². The molecule has 2 heterocycles. The van der Waals surface area contributed by atoms with Crippen molar-refractivity contribution < 1.29 is 9.15 Å². The largest absolute Gasteiger partial charge is 0.494 e. The molecule has 0 aliphatic carbocycles. The first-order valence-corrected chi connectivity index (χ1v) is 8.11. The van der Waals surface area contributed by atoms with Gasteiger partial charge in [-0.1, -0.05) is 11.8 Å². The van der Waals surface area contributed by atoms with Crippen LogP contribution in [0.5, 0.6) is 5.75 Å². The third kappa shape index (κ3) is 3.84. The normalized spacial score (nSPS) is 14.8. The summed E-state index contributed by atoms with van der Waals surface area (Å²) < 4.78 is 10.7. The monoisotopic (exact) mass is 327 g/mol. The highest BCUT2D eigenvalue weighted by molar-refractivity contribution is 8.17. The van der Waals surface area contributed by atoms with Crippen molar-refractivity contribution in [2.75, 3.05) is 6.61 Å². The number of hydrazone groups is 1. The number of rotatable bonds is 4. The van der Waals surface area contributed by atoms with Crippen molar-refractivity contribution in [3.63, 3.8) is 0 Å². The molecule has 1 aliphatic heterocycles. The number of aliphatic imine (C=N–C) groups is 1. The first kappa shape index (κ1) is 15.4. The summed E-state index contributed by atoms with van der Waals surface area (Å²) in [5.41, 5.74) is 5.13. The molecule has 3 rings (SSSR count). The maximum atomic E-state index is 5.46. The second-order valence-corrected chi connectivity index (χ2v) is 5.95. The molecule has 6 heteroatoms. The van der Waals surface area contributed by atoms with E-state index < -0.39 is 0 Å². The molecule has 1 N–H and O–H groups in total. The minimum Gasteiger partial charge on any atom is -0.494 e. The van der Waals surface area contributed by atoms with E-state index in [1.165, 1.54) is 11.8 Å². The fraction of sp³-hybridized carbons (Fsp3) is 0.176. The van der Waals surface area contributed by atoms with Crippen LogP contribution in [0.3, 0.4) is 0 Å². The molecule has 118 valence electrons. The van der Waals surface area contributed by atoms with Gasteiger partial charge in [0, 0.05) is 10.5 Å². The minimum absolute atomic E-state index is 0.647. The molecule has 1 aromatic heterocycles. The van der Waals surface area contributed by atoms with Gasteiger partial charge < -0.3 is 9.15 Å². The molecule has 0 atom stereocenters. The van der Waals surface area contributed by atoms with E-state index in [4.69, 9.17) is 9.15 Å². The maximum absolute atomic E-state index is 5.46. The minimum atomic E-state index is 0.647. The number of hydrogen-bond donors (Lipinski definition) is 1. The first-order chi connectivity index (χ1) is 11.3. The zero-order valence-corrected chi connectivity index (χ0v) is 13.8. The molecule has 1 aromatic carbocycles. The topological polar surface area (TPSA) is 59.1 Å². The van der Waals surface area contributed by atoms with Crippen molar-refractivity contribution in [2.45, 2.75) is 13.8 Å². The van der Waals surface area contributed by atoms with Crippen LogP contribution in [0.4, 0.5) is 0 Å². The maximum Gasteiger partial charge on any atom is 0.211 e. The van der Waals surface area contributed by atoms with E-state index in [-0.39, 0.29) is 0 Å². The molecule has 0 spiro atoms. The molecular weight excluding hydrogens is 310 g/mol. The predicted octanol–water partition coefficient (Wildman–Crippen LogP) is 4.09. The van der Waals surface area contributed by atoms with E-state index in [1.807, 2.05) is 50.2 Å². The Bertz CT molecular complexity index is 747. The number of furan rings is 1. The highest BCUT2D eigenvalue weighted by atomic mass is 32.2. The summed E-state index contributed by atoms with van der Waals surface area (Å²) >= 11 is 1.52. The molecule has 5 nitrogen and oxygen atoms in total. The van der Waals surface area contributed by atoms with Crippen LogP contribution < -0.4 is 10.2 Å². The Hall–Kier alpha value is -2.47. The van der Waals surface area contributed by atoms with Gasteiger partial charge in [-0.05, 0) is 50.2 Å². The number of amidine groups is 1. The van der Waals surface area contributed by atoms with E-state index in [9.17, 15) is 0 Å². The fourth-order valence-corrected chi connectivity index (χ4v) is 2.82. The van der Waals surface area contributed by atoms with Crippen molar-refractivity contribution in [3.8, 4) is 5.75 Å². The molecule has 2 aromatic rings. The van der Waals surface area contributed by atoms with Crippen LogP contribution in [0.15, 0.2) is 62.1 Å². The Balaban J connectivity index is 1.70. The SMILES string of the molecule is CCOc1ccc(C2=C(C)SC(N=Cc3ccco3)=NN2)cc1. The molecule has 0 amide bonds. The van der Waals surface area contributed by atoms with E-state index in [0.29, 0.717) is 17.5 Å². The highest BCUT2D eigenvalue weighted by Gasteiger charge is 2.14. The number of thioether (sulfide) groups is 1. The Morgan fingerprint density at radius 1 is 1.30 bits per heavy atom. The summed E-state index contributed by atoms with van der Waals surface area (Å²) in [5, 5.41) is 4.94. The molecule has 0 radical (unpaired) electrons. The van der Waals surface area contributed by atoms with Crippen molar-refractivity contribution in [2.24, 2.45) is 10.1 Å². The number of nitrogens with one attached hydrogen (secondary N) is 1. The summed E-state index contributed by atoms with van der Waals surface area (Å²) in [5.74, 6) is 1.57. The van der Waals surface area contributed by atoms with Crippen LogP contribution in [0.25, 0.3) is 5.70 Å². The lowest BCUT2D eigenvalue weighted by molar-refractivity contribution is 0.340. The molecule has 0 saturated carbocycles. The second kappa shape index (κ2) is 7.19. The molecule has 0 saturated heterocycles. The molecule has 0 bridgehead atoms. The quantitative estimate of drug-likeness (QED) is 0.859. The van der Waals surface area contributed by atoms with E-state index in [2.05, 4.69) is 15.5 Å². The average Bonchev–Trinajstić information content (AvgIpc) is 3.08. The number of allylic oxidation sites excluding steroid dienone is 1. The van der Waals surface area contributed by atoms with E-state index >= 15 is 0 Å². The van der Waals surface area contributed by atoms with Gasteiger partial charge in [0.1, 0.15) is 11.5 Å². The lowest BCUT2D eigenvalue weighted by Crippen LogP contribution is -2.13. The summed E-state index contributed by atoms with van der Waals surface area (Å²) in [4.78, 5) is 5.43. The van der Waals surface area contributed by atoms with E-state index in [1.54, 1.807) is 12.5 Å². The number of ether oxygens (including phenoxy) is 1. The zero-order chi connectivity index (χ0) is 16.1. The first-order valence-electron chi connectivity index (χ1n) is 7.29. The summed E-state index contributed by atoms with van der Waals surface area (Å²) in [6.07, 6.45) is 3.27. The van der Waals surface area contributed by atoms with E-state index in [0.717, 1.165) is 21.9 Å². The lowest BCUT2D eigenvalue weighted by atomic mass is 10.1. The van der Waals surface area contributed by atoms with Gasteiger partial charge in [-0.25, -0.2) is 4.99 Å². The summed E-state index contributed by atoms with van der Waals surface area (Å²) in [6, 6.07) is 11.6. The number of nitrogens with zero attached hydrogens (tertiary/aromatic N) is 2. The molecular formula is C17H17N3O2S. The summed E-state index contributed by atoms with van der Waals surface area (Å²) in [7, 11) is 0. The smallest absolute Gasteiger partial charge is 0.211 e. The predicted molar refractivity (Wildman–Crippen MR) is 94.7 cm³/mol. The third-order valence-electron chi connectivity index (χ3n) is 3.16. The summed E-state index contributed by atoms with van der Waals surface area (Å²) in [6.45, 7) is 4.68. The number of hydrogen-bond acceptors (Lipinski definition) is 6. The second-order valence-electron chi connectivity index (χ2n) is 4.77. The fourth-order valence-electron chi connectivity index (χ4n) is 2.08. The molecule has 0 fully saturated rings. The zero-order valence-electron chi connectivity index (χ0n) is 12.9. The standard InChI is InChI=1S/C17H17N3O2S/c1-3-21-14-8-6-13(7-9-14)16-12(2)23-17(20-19-16)18-11-15-5-4-10-22-15/h4-11,19H,3H2,1-2H3. The van der Waals surface area contributed by atoms with Crippen molar-refractivity contribution in [3.05, 3.63) is 58.9 Å². The van der Waals surface area contributed by atoms with Gasteiger partial charge in [-0.3, -0.25) is 5.43 Å². The van der Waals surface area contributed by atoms with Crippen LogP contribution in [-0.4, -0.2) is 18.0 Å². The van der Waals surface area contributed by atoms with Gasteiger partial charge in [0.2, 0.25) is 5.17 Å². The Morgan fingerprint density at radius 2 is 2.13 bits per heavy atom. The van der Waals surface area contributed by atoms with Crippen LogP contribution in [0, 0.1) is 0 Å².